The van der Waals surface area contributed by atoms with E-state index in [0.717, 1.165) is 29.3 Å². The van der Waals surface area contributed by atoms with Gasteiger partial charge in [-0.1, -0.05) is 23.7 Å². The Bertz CT molecular complexity index is 1040. The highest BCUT2D eigenvalue weighted by molar-refractivity contribution is 6.34. The second-order valence-corrected chi connectivity index (χ2v) is 7.17. The van der Waals surface area contributed by atoms with Crippen LogP contribution in [0, 0.1) is 5.92 Å². The molecule has 0 radical (unpaired) electrons. The van der Waals surface area contributed by atoms with Crippen molar-refractivity contribution in [3.63, 3.8) is 0 Å². The zero-order valence-corrected chi connectivity index (χ0v) is 15.6. The fourth-order valence-corrected chi connectivity index (χ4v) is 3.21. The molecule has 0 spiro atoms. The van der Waals surface area contributed by atoms with E-state index in [1.165, 1.54) is 0 Å². The summed E-state index contributed by atoms with van der Waals surface area (Å²) in [6.07, 6.45) is 3.64. The number of benzene rings is 2. The minimum atomic E-state index is -0.299. The summed E-state index contributed by atoms with van der Waals surface area (Å²) in [7, 11) is 1.85. The van der Waals surface area contributed by atoms with Crippen LogP contribution in [0.1, 0.15) is 28.8 Å². The first-order valence-electron chi connectivity index (χ1n) is 8.81. The highest BCUT2D eigenvalue weighted by atomic mass is 35.5. The molecule has 1 saturated carbocycles. The van der Waals surface area contributed by atoms with E-state index in [-0.39, 0.29) is 17.7 Å². The summed E-state index contributed by atoms with van der Waals surface area (Å²) < 4.78 is 1.75. The molecule has 2 aromatic carbocycles. The van der Waals surface area contributed by atoms with Gasteiger partial charge in [0.25, 0.3) is 5.91 Å². The number of aryl methyl sites for hydroxylation is 1. The maximum atomic E-state index is 12.8. The summed E-state index contributed by atoms with van der Waals surface area (Å²) in [5.74, 6) is -0.0778. The third-order valence-corrected chi connectivity index (χ3v) is 5.06. The monoisotopic (exact) mass is 382 g/mol. The molecule has 7 heteroatoms. The zero-order chi connectivity index (χ0) is 19.0. The van der Waals surface area contributed by atoms with Crippen LogP contribution in [0.3, 0.4) is 0 Å². The van der Waals surface area contributed by atoms with Gasteiger partial charge in [0, 0.05) is 24.9 Å². The summed E-state index contributed by atoms with van der Waals surface area (Å²) in [5, 5.41) is 11.3. The Morgan fingerprint density at radius 3 is 2.85 bits per heavy atom. The Labute approximate surface area is 161 Å². The van der Waals surface area contributed by atoms with E-state index in [0.29, 0.717) is 22.8 Å². The van der Waals surface area contributed by atoms with Gasteiger partial charge in [0.1, 0.15) is 0 Å². The van der Waals surface area contributed by atoms with Gasteiger partial charge in [-0.15, -0.1) is 0 Å². The van der Waals surface area contributed by atoms with Gasteiger partial charge in [-0.25, -0.2) is 0 Å². The predicted octanol–water partition coefficient (Wildman–Crippen LogP) is 3.51. The van der Waals surface area contributed by atoms with Gasteiger partial charge in [0.05, 0.1) is 28.0 Å². The molecule has 1 fully saturated rings. The van der Waals surface area contributed by atoms with Crippen LogP contribution in [0.4, 0.5) is 5.69 Å². The Balaban J connectivity index is 1.53. The average Bonchev–Trinajstić information content (AvgIpc) is 3.45. The topological polar surface area (TPSA) is 76.0 Å². The van der Waals surface area contributed by atoms with Crippen molar-refractivity contribution in [3.8, 4) is 0 Å². The minimum Gasteiger partial charge on any atom is -0.352 e. The van der Waals surface area contributed by atoms with Crippen molar-refractivity contribution in [3.05, 3.63) is 58.7 Å². The molecule has 1 heterocycles. The minimum absolute atomic E-state index is 0.0687. The summed E-state index contributed by atoms with van der Waals surface area (Å²) in [4.78, 5) is 24.6. The first kappa shape index (κ1) is 17.5. The van der Waals surface area contributed by atoms with Crippen molar-refractivity contribution in [1.82, 2.24) is 15.1 Å². The lowest BCUT2D eigenvalue weighted by Gasteiger charge is -2.10. The van der Waals surface area contributed by atoms with Crippen LogP contribution >= 0.6 is 11.6 Å². The van der Waals surface area contributed by atoms with Gasteiger partial charge < -0.3 is 10.6 Å². The van der Waals surface area contributed by atoms with Crippen LogP contribution < -0.4 is 10.6 Å². The maximum absolute atomic E-state index is 12.8. The largest absolute Gasteiger partial charge is 0.352 e. The maximum Gasteiger partial charge on any atom is 0.257 e. The molecule has 2 amide bonds. The van der Waals surface area contributed by atoms with Crippen molar-refractivity contribution < 1.29 is 9.59 Å². The van der Waals surface area contributed by atoms with E-state index in [4.69, 9.17) is 11.6 Å². The van der Waals surface area contributed by atoms with Crippen LogP contribution in [0.15, 0.2) is 42.6 Å². The lowest BCUT2D eigenvalue weighted by atomic mass is 10.1. The Hall–Kier alpha value is -2.86. The van der Waals surface area contributed by atoms with Crippen molar-refractivity contribution in [2.75, 3.05) is 5.32 Å². The molecule has 6 nitrogen and oxygen atoms in total. The Morgan fingerprint density at radius 1 is 1.26 bits per heavy atom. The molecule has 0 unspecified atom stereocenters. The van der Waals surface area contributed by atoms with E-state index in [9.17, 15) is 9.59 Å². The smallest absolute Gasteiger partial charge is 0.257 e. The van der Waals surface area contributed by atoms with Gasteiger partial charge >= 0.3 is 0 Å². The number of carbonyl (C=O) groups is 2. The average molecular weight is 383 g/mol. The van der Waals surface area contributed by atoms with Crippen molar-refractivity contribution >= 4 is 40.0 Å². The van der Waals surface area contributed by atoms with Crippen LogP contribution in [0.25, 0.3) is 10.9 Å². The second-order valence-electron chi connectivity index (χ2n) is 6.77. The molecule has 0 aliphatic heterocycles. The lowest BCUT2D eigenvalue weighted by molar-refractivity contribution is -0.122. The van der Waals surface area contributed by atoms with Crippen molar-refractivity contribution in [2.45, 2.75) is 19.4 Å². The predicted molar refractivity (Wildman–Crippen MR) is 105 cm³/mol. The first-order valence-corrected chi connectivity index (χ1v) is 9.19. The number of hydrogen-bond acceptors (Lipinski definition) is 3. The number of amides is 2. The van der Waals surface area contributed by atoms with E-state index in [1.807, 2.05) is 31.3 Å². The quantitative estimate of drug-likeness (QED) is 0.709. The third-order valence-electron chi connectivity index (χ3n) is 4.73. The van der Waals surface area contributed by atoms with E-state index < -0.39 is 0 Å². The second kappa shape index (κ2) is 7.04. The fourth-order valence-electron chi connectivity index (χ4n) is 3.01. The molecule has 3 aromatic rings. The molecular weight excluding hydrogens is 364 g/mol. The number of halogens is 1. The lowest BCUT2D eigenvalue weighted by Crippen LogP contribution is -2.24. The molecule has 4 rings (SSSR count). The summed E-state index contributed by atoms with van der Waals surface area (Å²) in [6, 6.07) is 10.8. The number of rotatable bonds is 5. The molecule has 0 saturated heterocycles. The van der Waals surface area contributed by atoms with Gasteiger partial charge in [-0.05, 0) is 42.7 Å². The van der Waals surface area contributed by atoms with Gasteiger partial charge in [0.15, 0.2) is 0 Å². The number of nitrogens with zero attached hydrogens (tertiary/aromatic N) is 2. The SMILES string of the molecule is Cn1ncc2c(NC(=O)c3cc(CNC(=O)C4CC4)ccc3Cl)cccc21. The molecule has 1 aliphatic carbocycles. The molecule has 1 aromatic heterocycles. The van der Waals surface area contributed by atoms with Crippen LogP contribution in [-0.4, -0.2) is 21.6 Å². The number of aromatic nitrogens is 2. The number of anilines is 1. The van der Waals surface area contributed by atoms with Crippen molar-refractivity contribution in [1.29, 1.82) is 0 Å². The molecule has 27 heavy (non-hydrogen) atoms. The standard InChI is InChI=1S/C20H19ClN4O2/c1-25-18-4-2-3-17(15(18)11-23-25)24-20(27)14-9-12(5-8-16(14)21)10-22-19(26)13-6-7-13/h2-5,8-9,11,13H,6-7,10H2,1H3,(H,22,26)(H,24,27). The van der Waals surface area contributed by atoms with Crippen LogP contribution in [-0.2, 0) is 18.4 Å². The molecule has 0 bridgehead atoms. The molecule has 2 N–H and O–H groups in total. The first-order chi connectivity index (χ1) is 13.0. The Morgan fingerprint density at radius 2 is 2.07 bits per heavy atom. The number of fused-ring (bicyclic) bond motifs is 1. The van der Waals surface area contributed by atoms with Crippen LogP contribution in [0.2, 0.25) is 5.02 Å². The fraction of sp³-hybridized carbons (Fsp3) is 0.250. The Kier molecular flexibility index (Phi) is 4.58. The molecule has 0 atom stereocenters. The molecule has 138 valence electrons. The molecular formula is C20H19ClN4O2. The number of carbonyl (C=O) groups excluding carboxylic acids is 2. The zero-order valence-electron chi connectivity index (χ0n) is 14.8. The van der Waals surface area contributed by atoms with Gasteiger partial charge in [-0.2, -0.15) is 5.10 Å². The molecule has 1 aliphatic rings. The van der Waals surface area contributed by atoms with E-state index >= 15 is 0 Å². The summed E-state index contributed by atoms with van der Waals surface area (Å²) in [6.45, 7) is 0.380. The van der Waals surface area contributed by atoms with Gasteiger partial charge in [0.2, 0.25) is 5.91 Å². The van der Waals surface area contributed by atoms with Crippen LogP contribution in [0.5, 0.6) is 0 Å². The van der Waals surface area contributed by atoms with E-state index in [2.05, 4.69) is 15.7 Å². The normalized spacial score (nSPS) is 13.6. The summed E-state index contributed by atoms with van der Waals surface area (Å²) in [5.41, 5.74) is 2.80. The number of hydrogen-bond donors (Lipinski definition) is 2. The number of nitrogens with one attached hydrogen (secondary N) is 2. The van der Waals surface area contributed by atoms with Crippen molar-refractivity contribution in [2.24, 2.45) is 13.0 Å². The van der Waals surface area contributed by atoms with E-state index in [1.54, 1.807) is 23.0 Å². The van der Waals surface area contributed by atoms with Gasteiger partial charge in [-0.3, -0.25) is 14.3 Å². The summed E-state index contributed by atoms with van der Waals surface area (Å²) >= 11 is 6.24. The third kappa shape index (κ3) is 3.66. The highest BCUT2D eigenvalue weighted by Gasteiger charge is 2.29. The highest BCUT2D eigenvalue weighted by Crippen LogP contribution is 2.29.